The number of carboxylic acids is 1. The van der Waals surface area contributed by atoms with Gasteiger partial charge in [-0.25, -0.2) is 4.79 Å². The van der Waals surface area contributed by atoms with Crippen LogP contribution in [0.1, 0.15) is 20.3 Å². The van der Waals surface area contributed by atoms with Crippen LogP contribution in [0, 0.1) is 11.8 Å². The summed E-state index contributed by atoms with van der Waals surface area (Å²) in [4.78, 5) is 40.5. The monoisotopic (exact) mass is 446 g/mol. The number of fused-ring (bicyclic) bond motifs is 1. The zero-order valence-corrected chi connectivity index (χ0v) is 17.9. The molecule has 0 saturated carbocycles. The van der Waals surface area contributed by atoms with Gasteiger partial charge < -0.3 is 31.1 Å². The molecule has 0 spiro atoms. The number of nitrogens with one attached hydrogen (secondary N) is 1. The van der Waals surface area contributed by atoms with Crippen molar-refractivity contribution in [3.8, 4) is 0 Å². The summed E-state index contributed by atoms with van der Waals surface area (Å²) in [5, 5.41) is 22.9. The first kappa shape index (κ1) is 22.4. The zero-order chi connectivity index (χ0) is 20.3. The lowest BCUT2D eigenvalue weighted by Gasteiger charge is -2.46. The van der Waals surface area contributed by atoms with Gasteiger partial charge >= 0.3 is 5.97 Å². The number of carboxylic acid groups (broad SMARTS) is 1. The summed E-state index contributed by atoms with van der Waals surface area (Å²) < 4.78 is 0. The van der Waals surface area contributed by atoms with Crippen molar-refractivity contribution in [3.05, 3.63) is 10.6 Å². The van der Waals surface area contributed by atoms with Crippen molar-refractivity contribution >= 4 is 42.0 Å². The van der Waals surface area contributed by atoms with Gasteiger partial charge in [-0.1, -0.05) is 6.92 Å². The molecule has 3 saturated heterocycles. The number of thioether (sulfide) groups is 1. The van der Waals surface area contributed by atoms with Gasteiger partial charge in [-0.05, 0) is 13.3 Å². The zero-order valence-electron chi connectivity index (χ0n) is 16.3. The van der Waals surface area contributed by atoms with E-state index in [4.69, 9.17) is 5.73 Å². The number of β-lactam (4-membered cyclic amide) rings is 1. The SMILES string of the molecule is C[C@@H](O)[C@H]1C(=O)N2C(C(=O)O)=C(S[C@@H]3CN[C@H](C(=O)N4CC(N)C4)C3)[C@H](C)[C@@H]12.Cl. The Kier molecular flexibility index (Phi) is 6.22. The quantitative estimate of drug-likeness (QED) is 0.403. The van der Waals surface area contributed by atoms with Crippen molar-refractivity contribution in [2.75, 3.05) is 19.6 Å². The maximum atomic E-state index is 12.5. The van der Waals surface area contributed by atoms with Crippen LogP contribution in [-0.2, 0) is 14.4 Å². The number of rotatable bonds is 5. The van der Waals surface area contributed by atoms with Crippen molar-refractivity contribution in [1.29, 1.82) is 0 Å². The van der Waals surface area contributed by atoms with Gasteiger partial charge in [-0.2, -0.15) is 0 Å². The molecule has 0 aromatic carbocycles. The highest BCUT2D eigenvalue weighted by atomic mass is 35.5. The van der Waals surface area contributed by atoms with Crippen LogP contribution >= 0.6 is 24.2 Å². The average Bonchev–Trinajstić information content (AvgIpc) is 3.14. The number of nitrogens with zero attached hydrogens (tertiary/aromatic N) is 2. The van der Waals surface area contributed by atoms with E-state index < -0.39 is 18.0 Å². The fourth-order valence-corrected chi connectivity index (χ4v) is 6.23. The molecule has 6 atom stereocenters. The van der Waals surface area contributed by atoms with Gasteiger partial charge in [-0.3, -0.25) is 9.59 Å². The van der Waals surface area contributed by atoms with E-state index >= 15 is 0 Å². The largest absolute Gasteiger partial charge is 0.477 e. The van der Waals surface area contributed by atoms with Gasteiger partial charge in [0.2, 0.25) is 11.8 Å². The minimum absolute atomic E-state index is 0. The molecule has 4 rings (SSSR count). The number of aliphatic carboxylic acids is 1. The van der Waals surface area contributed by atoms with Crippen LogP contribution in [0.15, 0.2) is 10.6 Å². The van der Waals surface area contributed by atoms with E-state index in [1.165, 1.54) is 16.7 Å². The van der Waals surface area contributed by atoms with Crippen molar-refractivity contribution in [3.63, 3.8) is 0 Å². The molecule has 5 N–H and O–H groups in total. The molecule has 3 fully saturated rings. The molecule has 29 heavy (non-hydrogen) atoms. The Morgan fingerprint density at radius 1 is 1.34 bits per heavy atom. The minimum atomic E-state index is -1.12. The molecule has 11 heteroatoms. The fourth-order valence-electron chi connectivity index (χ4n) is 4.75. The number of aliphatic hydroxyl groups is 1. The summed E-state index contributed by atoms with van der Waals surface area (Å²) in [6.07, 6.45) is -0.204. The highest BCUT2D eigenvalue weighted by Crippen LogP contribution is 2.51. The number of aliphatic hydroxyl groups excluding tert-OH is 1. The number of likely N-dealkylation sites (tertiary alicyclic amines) is 1. The Bertz CT molecular complexity index is 757. The topological polar surface area (TPSA) is 136 Å². The first-order valence-corrected chi connectivity index (χ1v) is 10.5. The Hall–Kier alpha value is -1.33. The summed E-state index contributed by atoms with van der Waals surface area (Å²) in [7, 11) is 0. The van der Waals surface area contributed by atoms with Gasteiger partial charge in [0, 0.05) is 41.7 Å². The summed E-state index contributed by atoms with van der Waals surface area (Å²) in [5.41, 5.74) is 5.78. The molecule has 0 aliphatic carbocycles. The standard InChI is InChI=1S/C18H26N4O5S.ClH/c1-7-13-12(8(2)23)17(25)22(13)14(18(26)27)15(7)28-10-3-11(20-4-10)16(24)21-5-9(19)6-21;/h7-13,20,23H,3-6,19H2,1-2H3,(H,26,27);1H/t7-,8-,10+,11+,12-,13+;/m1./s1. The Balaban J connectivity index is 0.00000240. The van der Waals surface area contributed by atoms with E-state index in [2.05, 4.69) is 5.32 Å². The van der Waals surface area contributed by atoms with E-state index in [0.717, 1.165) is 0 Å². The van der Waals surface area contributed by atoms with Crippen LogP contribution in [0.2, 0.25) is 0 Å². The lowest BCUT2D eigenvalue weighted by molar-refractivity contribution is -0.163. The average molecular weight is 447 g/mol. The number of hydrogen-bond acceptors (Lipinski definition) is 7. The van der Waals surface area contributed by atoms with E-state index in [0.29, 0.717) is 31.0 Å². The molecule has 4 heterocycles. The van der Waals surface area contributed by atoms with E-state index in [1.807, 2.05) is 6.92 Å². The number of hydrogen-bond donors (Lipinski definition) is 4. The summed E-state index contributed by atoms with van der Waals surface area (Å²) in [5.74, 6) is -2.12. The van der Waals surface area contributed by atoms with Gasteiger partial charge in [0.05, 0.1) is 24.1 Å². The van der Waals surface area contributed by atoms with Crippen LogP contribution < -0.4 is 11.1 Å². The molecule has 0 unspecified atom stereocenters. The molecular weight excluding hydrogens is 420 g/mol. The summed E-state index contributed by atoms with van der Waals surface area (Å²) in [6, 6.07) is -0.531. The molecule has 0 aromatic rings. The highest BCUT2D eigenvalue weighted by molar-refractivity contribution is 8.03. The third-order valence-corrected chi connectivity index (χ3v) is 7.73. The predicted molar refractivity (Wildman–Crippen MR) is 109 cm³/mol. The summed E-state index contributed by atoms with van der Waals surface area (Å²) >= 11 is 1.45. The van der Waals surface area contributed by atoms with Crippen molar-refractivity contribution in [2.24, 2.45) is 17.6 Å². The number of amides is 2. The Labute approximate surface area is 179 Å². The number of carbonyl (C=O) groups excluding carboxylic acids is 2. The minimum Gasteiger partial charge on any atom is -0.477 e. The van der Waals surface area contributed by atoms with E-state index in [1.54, 1.807) is 11.8 Å². The van der Waals surface area contributed by atoms with Crippen molar-refractivity contribution in [2.45, 2.75) is 49.7 Å². The third kappa shape index (κ3) is 3.54. The lowest BCUT2D eigenvalue weighted by atomic mass is 9.79. The molecule has 0 radical (unpaired) electrons. The van der Waals surface area contributed by atoms with Crippen molar-refractivity contribution < 1.29 is 24.6 Å². The van der Waals surface area contributed by atoms with E-state index in [-0.39, 0.29) is 59.2 Å². The van der Waals surface area contributed by atoms with Gasteiger partial charge in [0.1, 0.15) is 5.70 Å². The second kappa shape index (κ2) is 8.07. The molecular formula is C18H27ClN4O5S. The second-order valence-electron chi connectivity index (χ2n) is 8.21. The Morgan fingerprint density at radius 2 is 2.00 bits per heavy atom. The smallest absolute Gasteiger partial charge is 0.353 e. The Morgan fingerprint density at radius 3 is 2.55 bits per heavy atom. The number of nitrogens with two attached hydrogens (primary N) is 1. The highest BCUT2D eigenvalue weighted by Gasteiger charge is 2.60. The molecule has 0 bridgehead atoms. The predicted octanol–water partition coefficient (Wildman–Crippen LogP) is -0.805. The second-order valence-corrected chi connectivity index (χ2v) is 9.55. The van der Waals surface area contributed by atoms with Gasteiger partial charge in [0.15, 0.2) is 0 Å². The molecule has 0 aromatic heterocycles. The number of carbonyl (C=O) groups is 3. The molecule has 162 valence electrons. The van der Waals surface area contributed by atoms with Crippen LogP contribution in [0.4, 0.5) is 0 Å². The summed E-state index contributed by atoms with van der Waals surface area (Å²) in [6.45, 7) is 5.24. The van der Waals surface area contributed by atoms with Crippen LogP contribution in [0.25, 0.3) is 0 Å². The molecule has 4 aliphatic rings. The first-order chi connectivity index (χ1) is 13.2. The third-order valence-electron chi connectivity index (χ3n) is 6.21. The normalized spacial score (nSPS) is 35.0. The lowest BCUT2D eigenvalue weighted by Crippen LogP contribution is -2.63. The van der Waals surface area contributed by atoms with Crippen LogP contribution in [-0.4, -0.2) is 86.9 Å². The maximum absolute atomic E-state index is 12.5. The fraction of sp³-hybridized carbons (Fsp3) is 0.722. The van der Waals surface area contributed by atoms with E-state index in [9.17, 15) is 24.6 Å². The van der Waals surface area contributed by atoms with Crippen molar-refractivity contribution in [1.82, 2.24) is 15.1 Å². The first-order valence-electron chi connectivity index (χ1n) is 9.63. The van der Waals surface area contributed by atoms with Crippen LogP contribution in [0.5, 0.6) is 0 Å². The van der Waals surface area contributed by atoms with Gasteiger partial charge in [0.25, 0.3) is 0 Å². The molecule has 4 aliphatic heterocycles. The maximum Gasteiger partial charge on any atom is 0.353 e. The molecule has 2 amide bonds. The number of halogens is 1. The van der Waals surface area contributed by atoms with Crippen LogP contribution in [0.3, 0.4) is 0 Å². The molecule has 9 nitrogen and oxygen atoms in total. The van der Waals surface area contributed by atoms with Gasteiger partial charge in [-0.15, -0.1) is 24.2 Å².